The lowest BCUT2D eigenvalue weighted by Crippen LogP contribution is -2.55. The molecule has 1 unspecified atom stereocenters. The molecule has 0 saturated heterocycles. The highest BCUT2D eigenvalue weighted by molar-refractivity contribution is 6.33. The van der Waals surface area contributed by atoms with Gasteiger partial charge in [-0.15, -0.1) is 0 Å². The van der Waals surface area contributed by atoms with Gasteiger partial charge in [0.15, 0.2) is 0 Å². The maximum atomic E-state index is 13.4. The lowest BCUT2D eigenvalue weighted by molar-refractivity contribution is -0.126. The van der Waals surface area contributed by atoms with Crippen LogP contribution in [0.3, 0.4) is 0 Å². The summed E-state index contributed by atoms with van der Waals surface area (Å²) in [6.45, 7) is 3.77. The van der Waals surface area contributed by atoms with Gasteiger partial charge in [0, 0.05) is 0 Å². The van der Waals surface area contributed by atoms with Crippen molar-refractivity contribution in [1.82, 2.24) is 10.6 Å². The van der Waals surface area contributed by atoms with E-state index in [0.717, 1.165) is 31.2 Å². The normalized spacial score (nSPS) is 16.4. The molecule has 0 radical (unpaired) electrons. The number of amides is 2. The minimum absolute atomic E-state index is 0.117. The fraction of sp³-hybridized carbons (Fsp3) is 0.391. The maximum Gasteiger partial charge on any atom is 0.253 e. The van der Waals surface area contributed by atoms with Crippen molar-refractivity contribution in [2.75, 3.05) is 0 Å². The molecule has 0 aliphatic heterocycles. The van der Waals surface area contributed by atoms with Crippen LogP contribution < -0.4 is 10.6 Å². The summed E-state index contributed by atoms with van der Waals surface area (Å²) in [4.78, 5) is 25.9. The van der Waals surface area contributed by atoms with Gasteiger partial charge in [-0.25, -0.2) is 4.39 Å². The lowest BCUT2D eigenvalue weighted by Gasteiger charge is -2.34. The molecule has 2 aromatic rings. The van der Waals surface area contributed by atoms with E-state index in [-0.39, 0.29) is 23.5 Å². The Morgan fingerprint density at radius 1 is 1.03 bits per heavy atom. The van der Waals surface area contributed by atoms with Gasteiger partial charge in [0.1, 0.15) is 11.9 Å². The molecule has 0 spiro atoms. The summed E-state index contributed by atoms with van der Waals surface area (Å²) in [5.74, 6) is -1.05. The average molecular weight is 417 g/mol. The zero-order valence-electron chi connectivity index (χ0n) is 16.7. The first-order valence-corrected chi connectivity index (χ1v) is 10.3. The van der Waals surface area contributed by atoms with Crippen molar-refractivity contribution in [1.29, 1.82) is 0 Å². The molecule has 29 heavy (non-hydrogen) atoms. The van der Waals surface area contributed by atoms with Gasteiger partial charge in [-0.05, 0) is 48.6 Å². The van der Waals surface area contributed by atoms with Gasteiger partial charge in [0.05, 0.1) is 16.1 Å². The Bertz CT molecular complexity index is 877. The minimum atomic E-state index is -0.711. The number of carbonyl (C=O) groups excluding carboxylic acids is 2. The first-order chi connectivity index (χ1) is 13.8. The maximum absolute atomic E-state index is 13.4. The summed E-state index contributed by atoms with van der Waals surface area (Å²) >= 11 is 6.12. The van der Waals surface area contributed by atoms with Crippen LogP contribution in [-0.4, -0.2) is 17.9 Å². The van der Waals surface area contributed by atoms with Crippen molar-refractivity contribution in [3.05, 3.63) is 70.5 Å². The molecule has 0 aromatic heterocycles. The molecule has 6 heteroatoms. The van der Waals surface area contributed by atoms with Gasteiger partial charge in [-0.1, -0.05) is 62.6 Å². The van der Waals surface area contributed by atoms with Crippen LogP contribution in [0.5, 0.6) is 0 Å². The Balaban J connectivity index is 1.80. The SMILES string of the molecule is CC(C)C(NC(=O)c1ccccc1Cl)C(=O)NC1(c2ccc(F)cc2)CCCC1. The molecule has 0 heterocycles. The Labute approximate surface area is 175 Å². The van der Waals surface area contributed by atoms with Crippen molar-refractivity contribution in [2.24, 2.45) is 5.92 Å². The van der Waals surface area contributed by atoms with E-state index in [9.17, 15) is 14.0 Å². The highest BCUT2D eigenvalue weighted by atomic mass is 35.5. The number of nitrogens with one attached hydrogen (secondary N) is 2. The van der Waals surface area contributed by atoms with Crippen LogP contribution in [0.1, 0.15) is 55.5 Å². The van der Waals surface area contributed by atoms with E-state index < -0.39 is 11.6 Å². The molecule has 154 valence electrons. The Kier molecular flexibility index (Phi) is 6.58. The summed E-state index contributed by atoms with van der Waals surface area (Å²) in [7, 11) is 0. The Morgan fingerprint density at radius 3 is 2.24 bits per heavy atom. The lowest BCUT2D eigenvalue weighted by atomic mass is 9.87. The van der Waals surface area contributed by atoms with Crippen LogP contribution in [0, 0.1) is 11.7 Å². The number of hydrogen-bond donors (Lipinski definition) is 2. The predicted molar refractivity (Wildman–Crippen MR) is 112 cm³/mol. The van der Waals surface area contributed by atoms with Crippen molar-refractivity contribution in [3.8, 4) is 0 Å². The zero-order chi connectivity index (χ0) is 21.0. The molecule has 1 saturated carbocycles. The largest absolute Gasteiger partial charge is 0.345 e. The van der Waals surface area contributed by atoms with Crippen LogP contribution in [0.2, 0.25) is 5.02 Å². The summed E-state index contributed by atoms with van der Waals surface area (Å²) in [5.41, 5.74) is 0.693. The van der Waals surface area contributed by atoms with Crippen molar-refractivity contribution < 1.29 is 14.0 Å². The topological polar surface area (TPSA) is 58.2 Å². The van der Waals surface area contributed by atoms with Crippen LogP contribution in [0.4, 0.5) is 4.39 Å². The van der Waals surface area contributed by atoms with E-state index in [1.54, 1.807) is 36.4 Å². The molecule has 2 aromatic carbocycles. The highest BCUT2D eigenvalue weighted by Gasteiger charge is 2.39. The molecular weight excluding hydrogens is 391 g/mol. The van der Waals surface area contributed by atoms with Gasteiger partial charge in [0.2, 0.25) is 5.91 Å². The number of halogens is 2. The molecule has 1 atom stereocenters. The second kappa shape index (κ2) is 8.95. The second-order valence-corrected chi connectivity index (χ2v) is 8.37. The molecule has 2 amide bonds. The van der Waals surface area contributed by atoms with Crippen LogP contribution >= 0.6 is 11.6 Å². The quantitative estimate of drug-likeness (QED) is 0.709. The molecule has 3 rings (SSSR count). The third-order valence-electron chi connectivity index (χ3n) is 5.57. The summed E-state index contributed by atoms with van der Waals surface area (Å²) in [6.07, 6.45) is 3.53. The molecule has 1 aliphatic carbocycles. The third-order valence-corrected chi connectivity index (χ3v) is 5.90. The second-order valence-electron chi connectivity index (χ2n) is 7.96. The van der Waals surface area contributed by atoms with Crippen molar-refractivity contribution in [2.45, 2.75) is 51.1 Å². The average Bonchev–Trinajstić information content (AvgIpc) is 3.16. The smallest absolute Gasteiger partial charge is 0.253 e. The summed E-state index contributed by atoms with van der Waals surface area (Å²) in [5, 5.41) is 6.34. The molecule has 1 fully saturated rings. The molecular formula is C23H26ClFN2O2. The molecule has 0 bridgehead atoms. The standard InChI is InChI=1S/C23H26ClFN2O2/c1-15(2)20(26-21(28)18-7-3-4-8-19(18)24)22(29)27-23(13-5-6-14-23)16-9-11-17(25)12-10-16/h3-4,7-12,15,20H,5-6,13-14H2,1-2H3,(H,26,28)(H,27,29). The van der Waals surface area contributed by atoms with Gasteiger partial charge >= 0.3 is 0 Å². The Morgan fingerprint density at radius 2 is 1.66 bits per heavy atom. The third kappa shape index (κ3) is 4.78. The van der Waals surface area contributed by atoms with Gasteiger partial charge in [0.25, 0.3) is 5.91 Å². The summed E-state index contributed by atoms with van der Waals surface area (Å²) < 4.78 is 13.4. The monoisotopic (exact) mass is 416 g/mol. The number of benzene rings is 2. The van der Waals surface area contributed by atoms with Crippen LogP contribution in [0.15, 0.2) is 48.5 Å². The summed E-state index contributed by atoms with van der Waals surface area (Å²) in [6, 6.07) is 12.3. The van der Waals surface area contributed by atoms with Gasteiger partial charge in [-0.2, -0.15) is 0 Å². The van der Waals surface area contributed by atoms with E-state index in [4.69, 9.17) is 11.6 Å². The first kappa shape index (κ1) is 21.3. The first-order valence-electron chi connectivity index (χ1n) is 9.96. The zero-order valence-corrected chi connectivity index (χ0v) is 17.4. The Hall–Kier alpha value is -2.40. The van der Waals surface area contributed by atoms with Gasteiger partial charge in [-0.3, -0.25) is 9.59 Å². The van der Waals surface area contributed by atoms with Gasteiger partial charge < -0.3 is 10.6 Å². The highest BCUT2D eigenvalue weighted by Crippen LogP contribution is 2.39. The number of carbonyl (C=O) groups is 2. The predicted octanol–water partition coefficient (Wildman–Crippen LogP) is 4.82. The number of rotatable bonds is 6. The van der Waals surface area contributed by atoms with Crippen molar-refractivity contribution in [3.63, 3.8) is 0 Å². The molecule has 4 nitrogen and oxygen atoms in total. The van der Waals surface area contributed by atoms with E-state index in [1.165, 1.54) is 12.1 Å². The molecule has 1 aliphatic rings. The van der Waals surface area contributed by atoms with Crippen LogP contribution in [0.25, 0.3) is 0 Å². The minimum Gasteiger partial charge on any atom is -0.345 e. The number of hydrogen-bond acceptors (Lipinski definition) is 2. The fourth-order valence-electron chi connectivity index (χ4n) is 3.95. The molecule has 2 N–H and O–H groups in total. The van der Waals surface area contributed by atoms with Crippen molar-refractivity contribution >= 4 is 23.4 Å². The van der Waals surface area contributed by atoms with E-state index >= 15 is 0 Å². The van der Waals surface area contributed by atoms with E-state index in [1.807, 2.05) is 13.8 Å². The van der Waals surface area contributed by atoms with Crippen LogP contribution in [-0.2, 0) is 10.3 Å². The fourth-order valence-corrected chi connectivity index (χ4v) is 4.17. The van der Waals surface area contributed by atoms with E-state index in [0.29, 0.717) is 10.6 Å². The van der Waals surface area contributed by atoms with E-state index in [2.05, 4.69) is 10.6 Å².